The number of imide groups is 1. The third-order valence-corrected chi connectivity index (χ3v) is 5.95. The summed E-state index contributed by atoms with van der Waals surface area (Å²) in [6.07, 6.45) is 3.12. The van der Waals surface area contributed by atoms with Gasteiger partial charge in [0.25, 0.3) is 5.91 Å². The maximum absolute atomic E-state index is 12.9. The maximum atomic E-state index is 12.9. The first-order valence-electron chi connectivity index (χ1n) is 9.72. The van der Waals surface area contributed by atoms with Crippen molar-refractivity contribution in [1.29, 1.82) is 0 Å². The standard InChI is InChI=1S/C21H29N3O3/c1-13-7-9-21(10-8-13)19(26)24(20(27)23-21)12-18(25)22-16(4)17-11-14(2)5-6-15(17)3/h5-6,11,13,16H,7-10,12H2,1-4H3,(H,22,25)(H,23,27). The van der Waals surface area contributed by atoms with Gasteiger partial charge in [-0.1, -0.05) is 30.7 Å². The van der Waals surface area contributed by atoms with Crippen LogP contribution in [0.25, 0.3) is 0 Å². The first kappa shape index (κ1) is 19.4. The van der Waals surface area contributed by atoms with E-state index < -0.39 is 11.6 Å². The van der Waals surface area contributed by atoms with Crippen LogP contribution in [0.4, 0.5) is 4.79 Å². The van der Waals surface area contributed by atoms with Crippen LogP contribution in [-0.4, -0.2) is 34.8 Å². The molecule has 1 aromatic carbocycles. The van der Waals surface area contributed by atoms with E-state index in [1.54, 1.807) is 0 Å². The number of aryl methyl sites for hydroxylation is 2. The van der Waals surface area contributed by atoms with Crippen molar-refractivity contribution in [3.8, 4) is 0 Å². The summed E-state index contributed by atoms with van der Waals surface area (Å²) < 4.78 is 0. The molecule has 1 aliphatic heterocycles. The van der Waals surface area contributed by atoms with E-state index in [4.69, 9.17) is 0 Å². The van der Waals surface area contributed by atoms with Gasteiger partial charge >= 0.3 is 6.03 Å². The molecule has 0 bridgehead atoms. The molecule has 2 N–H and O–H groups in total. The van der Waals surface area contributed by atoms with Gasteiger partial charge in [0.15, 0.2) is 0 Å². The number of benzene rings is 1. The molecule has 2 aliphatic rings. The number of nitrogens with one attached hydrogen (secondary N) is 2. The van der Waals surface area contributed by atoms with Crippen LogP contribution in [0, 0.1) is 19.8 Å². The van der Waals surface area contributed by atoms with Crippen molar-refractivity contribution in [3.05, 3.63) is 34.9 Å². The molecule has 146 valence electrons. The summed E-state index contributed by atoms with van der Waals surface area (Å²) in [6.45, 7) is 7.85. The highest BCUT2D eigenvalue weighted by Gasteiger charge is 2.52. The van der Waals surface area contributed by atoms with Crippen LogP contribution in [0.3, 0.4) is 0 Å². The van der Waals surface area contributed by atoms with Crippen molar-refractivity contribution >= 4 is 17.8 Å². The number of nitrogens with zero attached hydrogens (tertiary/aromatic N) is 1. The molecule has 1 aromatic rings. The van der Waals surface area contributed by atoms with Crippen LogP contribution < -0.4 is 10.6 Å². The summed E-state index contributed by atoms with van der Waals surface area (Å²) in [4.78, 5) is 38.8. The number of rotatable bonds is 4. The van der Waals surface area contributed by atoms with Gasteiger partial charge in [0.2, 0.25) is 5.91 Å². The average Bonchev–Trinajstić information content (AvgIpc) is 2.84. The van der Waals surface area contributed by atoms with Gasteiger partial charge in [-0.05, 0) is 63.5 Å². The van der Waals surface area contributed by atoms with Gasteiger partial charge in [0, 0.05) is 0 Å². The predicted molar refractivity (Wildman–Crippen MR) is 103 cm³/mol. The summed E-state index contributed by atoms with van der Waals surface area (Å²) in [5.74, 6) is -0.0156. The highest BCUT2D eigenvalue weighted by molar-refractivity contribution is 6.09. The SMILES string of the molecule is Cc1ccc(C)c(C(C)NC(=O)CN2C(=O)NC3(CCC(C)CC3)C2=O)c1. The number of hydrogen-bond acceptors (Lipinski definition) is 3. The molecule has 6 heteroatoms. The fourth-order valence-electron chi connectivity index (χ4n) is 4.15. The number of carbonyl (C=O) groups is 3. The molecular weight excluding hydrogens is 342 g/mol. The Balaban J connectivity index is 1.64. The second-order valence-electron chi connectivity index (χ2n) is 8.24. The summed E-state index contributed by atoms with van der Waals surface area (Å²) in [5.41, 5.74) is 2.46. The van der Waals surface area contributed by atoms with E-state index >= 15 is 0 Å². The Morgan fingerprint density at radius 3 is 2.63 bits per heavy atom. The predicted octanol–water partition coefficient (Wildman–Crippen LogP) is 2.98. The van der Waals surface area contributed by atoms with Crippen molar-refractivity contribution in [3.63, 3.8) is 0 Å². The molecular formula is C21H29N3O3. The molecule has 1 unspecified atom stereocenters. The molecule has 4 amide bonds. The van der Waals surface area contributed by atoms with Crippen LogP contribution >= 0.6 is 0 Å². The Bertz CT molecular complexity index is 766. The summed E-state index contributed by atoms with van der Waals surface area (Å²) in [6, 6.07) is 5.46. The van der Waals surface area contributed by atoms with Gasteiger partial charge < -0.3 is 10.6 Å². The first-order chi connectivity index (χ1) is 12.7. The van der Waals surface area contributed by atoms with E-state index in [1.807, 2.05) is 39.0 Å². The van der Waals surface area contributed by atoms with Crippen LogP contribution in [-0.2, 0) is 9.59 Å². The van der Waals surface area contributed by atoms with Crippen molar-refractivity contribution in [1.82, 2.24) is 15.5 Å². The number of carbonyl (C=O) groups excluding carboxylic acids is 3. The smallest absolute Gasteiger partial charge is 0.325 e. The zero-order valence-electron chi connectivity index (χ0n) is 16.6. The third kappa shape index (κ3) is 3.84. The minimum atomic E-state index is -0.803. The molecule has 0 aromatic heterocycles. The number of hydrogen-bond donors (Lipinski definition) is 2. The number of urea groups is 1. The summed E-state index contributed by atoms with van der Waals surface area (Å²) >= 11 is 0. The second kappa shape index (κ2) is 7.33. The zero-order chi connectivity index (χ0) is 19.8. The van der Waals surface area contributed by atoms with Crippen LogP contribution in [0.5, 0.6) is 0 Å². The zero-order valence-corrected chi connectivity index (χ0v) is 16.6. The third-order valence-electron chi connectivity index (χ3n) is 5.95. The van der Waals surface area contributed by atoms with Crippen molar-refractivity contribution in [2.75, 3.05) is 6.54 Å². The van der Waals surface area contributed by atoms with Gasteiger partial charge in [-0.25, -0.2) is 4.79 Å². The van der Waals surface area contributed by atoms with Gasteiger partial charge in [0.05, 0.1) is 6.04 Å². The highest BCUT2D eigenvalue weighted by atomic mass is 16.2. The topological polar surface area (TPSA) is 78.5 Å². The van der Waals surface area contributed by atoms with E-state index in [-0.39, 0.29) is 24.4 Å². The summed E-state index contributed by atoms with van der Waals surface area (Å²) in [5, 5.41) is 5.77. The van der Waals surface area contributed by atoms with E-state index in [1.165, 1.54) is 0 Å². The van der Waals surface area contributed by atoms with E-state index in [0.717, 1.165) is 34.4 Å². The Morgan fingerprint density at radius 2 is 1.96 bits per heavy atom. The van der Waals surface area contributed by atoms with E-state index in [0.29, 0.717) is 18.8 Å². The second-order valence-corrected chi connectivity index (χ2v) is 8.24. The lowest BCUT2D eigenvalue weighted by atomic mass is 9.77. The lowest BCUT2D eigenvalue weighted by molar-refractivity contribution is -0.136. The molecule has 1 saturated heterocycles. The fraction of sp³-hybridized carbons (Fsp3) is 0.571. The van der Waals surface area contributed by atoms with Gasteiger partial charge in [0.1, 0.15) is 12.1 Å². The van der Waals surface area contributed by atoms with Crippen molar-refractivity contribution < 1.29 is 14.4 Å². The molecule has 2 fully saturated rings. The van der Waals surface area contributed by atoms with Crippen molar-refractivity contribution in [2.45, 2.75) is 65.0 Å². The Morgan fingerprint density at radius 1 is 1.30 bits per heavy atom. The van der Waals surface area contributed by atoms with Crippen molar-refractivity contribution in [2.24, 2.45) is 5.92 Å². The van der Waals surface area contributed by atoms with E-state index in [2.05, 4.69) is 17.6 Å². The van der Waals surface area contributed by atoms with Gasteiger partial charge in [-0.15, -0.1) is 0 Å². The van der Waals surface area contributed by atoms with Crippen LogP contribution in [0.1, 0.15) is 62.3 Å². The minimum absolute atomic E-state index is 0.192. The Kier molecular flexibility index (Phi) is 5.27. The fourth-order valence-corrected chi connectivity index (χ4v) is 4.15. The molecule has 27 heavy (non-hydrogen) atoms. The molecule has 0 radical (unpaired) electrons. The molecule has 3 rings (SSSR count). The molecule has 1 saturated carbocycles. The van der Waals surface area contributed by atoms with Crippen LogP contribution in [0.2, 0.25) is 0 Å². The van der Waals surface area contributed by atoms with E-state index in [9.17, 15) is 14.4 Å². The molecule has 1 aliphatic carbocycles. The maximum Gasteiger partial charge on any atom is 0.325 e. The monoisotopic (exact) mass is 371 g/mol. The number of amides is 4. The van der Waals surface area contributed by atoms with Crippen LogP contribution in [0.15, 0.2) is 18.2 Å². The lowest BCUT2D eigenvalue weighted by Crippen LogP contribution is -2.50. The largest absolute Gasteiger partial charge is 0.348 e. The average molecular weight is 371 g/mol. The van der Waals surface area contributed by atoms with Gasteiger partial charge in [-0.2, -0.15) is 0 Å². The molecule has 1 spiro atoms. The quantitative estimate of drug-likeness (QED) is 0.799. The first-order valence-corrected chi connectivity index (χ1v) is 9.72. The lowest BCUT2D eigenvalue weighted by Gasteiger charge is -2.33. The Labute approximate surface area is 160 Å². The summed E-state index contributed by atoms with van der Waals surface area (Å²) in [7, 11) is 0. The normalized spacial score (nSPS) is 26.2. The Hall–Kier alpha value is -2.37. The molecule has 1 heterocycles. The highest BCUT2D eigenvalue weighted by Crippen LogP contribution is 2.36. The minimum Gasteiger partial charge on any atom is -0.348 e. The van der Waals surface area contributed by atoms with Gasteiger partial charge in [-0.3, -0.25) is 14.5 Å². The molecule has 6 nitrogen and oxygen atoms in total. The molecule has 1 atom stereocenters.